The number of carbonyl (C=O) groups excluding carboxylic acids is 1. The Kier molecular flexibility index (Phi) is 6.23. The van der Waals surface area contributed by atoms with Crippen LogP contribution in [0.4, 0.5) is 5.82 Å². The highest BCUT2D eigenvalue weighted by Crippen LogP contribution is 2.35. The Morgan fingerprint density at radius 1 is 1.03 bits per heavy atom. The molecule has 3 heterocycles. The maximum Gasteiger partial charge on any atom is 0.279 e. The van der Waals surface area contributed by atoms with Crippen molar-refractivity contribution in [2.24, 2.45) is 0 Å². The van der Waals surface area contributed by atoms with Crippen LogP contribution in [0.1, 0.15) is 23.0 Å². The molecule has 1 saturated heterocycles. The Labute approximate surface area is 207 Å². The van der Waals surface area contributed by atoms with Gasteiger partial charge in [0.1, 0.15) is 5.82 Å². The van der Waals surface area contributed by atoms with Crippen molar-refractivity contribution in [2.45, 2.75) is 12.5 Å². The summed E-state index contributed by atoms with van der Waals surface area (Å²) in [5.41, 5.74) is 2.14. The van der Waals surface area contributed by atoms with Crippen molar-refractivity contribution < 1.29 is 27.2 Å². The van der Waals surface area contributed by atoms with Crippen LogP contribution in [0.5, 0.6) is 11.5 Å². The van der Waals surface area contributed by atoms with Crippen molar-refractivity contribution in [3.05, 3.63) is 66.4 Å². The number of nitrogens with zero attached hydrogens (tertiary/aromatic N) is 3. The highest BCUT2D eigenvalue weighted by molar-refractivity contribution is 7.91. The third-order valence-electron chi connectivity index (χ3n) is 6.01. The van der Waals surface area contributed by atoms with Crippen LogP contribution in [0.3, 0.4) is 0 Å². The predicted octanol–water partition coefficient (Wildman–Crippen LogP) is 3.83. The molecule has 0 aliphatic carbocycles. The second-order valence-corrected chi connectivity index (χ2v) is 10.6. The number of hydrogen-bond donors (Lipinski definition) is 1. The summed E-state index contributed by atoms with van der Waals surface area (Å²) in [5, 5.41) is 11.4. The number of rotatable bonds is 7. The van der Waals surface area contributed by atoms with E-state index in [4.69, 9.17) is 14.0 Å². The predicted molar refractivity (Wildman–Crippen MR) is 133 cm³/mol. The van der Waals surface area contributed by atoms with Crippen LogP contribution < -0.4 is 14.8 Å². The molecule has 1 fully saturated rings. The number of sulfone groups is 1. The number of methoxy groups -OCH3 is 2. The van der Waals surface area contributed by atoms with Gasteiger partial charge in [-0.2, -0.15) is 5.10 Å². The van der Waals surface area contributed by atoms with Crippen LogP contribution in [-0.4, -0.2) is 55.0 Å². The average molecular weight is 509 g/mol. The van der Waals surface area contributed by atoms with E-state index < -0.39 is 21.8 Å². The molecule has 4 aromatic rings. The van der Waals surface area contributed by atoms with Gasteiger partial charge < -0.3 is 19.3 Å². The molecule has 0 saturated carbocycles. The molecule has 1 atom stereocenters. The monoisotopic (exact) mass is 508 g/mol. The molecule has 0 spiro atoms. The molecular weight excluding hydrogens is 484 g/mol. The molecule has 0 radical (unpaired) electrons. The van der Waals surface area contributed by atoms with Crippen molar-refractivity contribution in [1.29, 1.82) is 0 Å². The summed E-state index contributed by atoms with van der Waals surface area (Å²) in [7, 11) is -0.0931. The summed E-state index contributed by atoms with van der Waals surface area (Å²) in [6.45, 7) is 0. The highest BCUT2D eigenvalue weighted by Gasteiger charge is 2.32. The first kappa shape index (κ1) is 23.6. The third-order valence-corrected chi connectivity index (χ3v) is 7.76. The normalized spacial score (nSPS) is 16.6. The van der Waals surface area contributed by atoms with Crippen molar-refractivity contribution in [1.82, 2.24) is 14.9 Å². The average Bonchev–Trinajstić information content (AvgIpc) is 3.62. The van der Waals surface area contributed by atoms with Gasteiger partial charge in [-0.3, -0.25) is 4.79 Å². The second-order valence-electron chi connectivity index (χ2n) is 8.38. The molecule has 0 bridgehead atoms. The Bertz CT molecular complexity index is 1510. The fourth-order valence-corrected chi connectivity index (χ4v) is 5.86. The molecule has 1 N–H and O–H groups in total. The van der Waals surface area contributed by atoms with Crippen molar-refractivity contribution in [3.8, 4) is 34.1 Å². The van der Waals surface area contributed by atoms with Crippen LogP contribution in [0.15, 0.2) is 65.2 Å². The number of carbonyl (C=O) groups is 1. The summed E-state index contributed by atoms with van der Waals surface area (Å²) < 4.78 is 41.9. The number of anilines is 1. The van der Waals surface area contributed by atoms with E-state index in [2.05, 4.69) is 15.6 Å². The lowest BCUT2D eigenvalue weighted by Crippen LogP contribution is -2.19. The van der Waals surface area contributed by atoms with E-state index in [1.807, 2.05) is 36.4 Å². The van der Waals surface area contributed by atoms with Gasteiger partial charge >= 0.3 is 0 Å². The zero-order valence-electron chi connectivity index (χ0n) is 19.7. The van der Waals surface area contributed by atoms with E-state index in [1.54, 1.807) is 36.1 Å². The zero-order valence-corrected chi connectivity index (χ0v) is 20.5. The van der Waals surface area contributed by atoms with Gasteiger partial charge in [0, 0.05) is 23.3 Å². The van der Waals surface area contributed by atoms with Gasteiger partial charge in [0.25, 0.3) is 5.91 Å². The van der Waals surface area contributed by atoms with Gasteiger partial charge in [0.05, 0.1) is 37.5 Å². The number of aromatic nitrogens is 3. The van der Waals surface area contributed by atoms with Gasteiger partial charge in [0.15, 0.2) is 32.8 Å². The van der Waals surface area contributed by atoms with Gasteiger partial charge in [-0.05, 0) is 24.6 Å². The molecule has 36 heavy (non-hydrogen) atoms. The summed E-state index contributed by atoms with van der Waals surface area (Å²) in [6.07, 6.45) is 0.403. The van der Waals surface area contributed by atoms with Gasteiger partial charge in [0.2, 0.25) is 0 Å². The van der Waals surface area contributed by atoms with Crippen LogP contribution in [-0.2, 0) is 9.84 Å². The Morgan fingerprint density at radius 3 is 2.50 bits per heavy atom. The highest BCUT2D eigenvalue weighted by atomic mass is 32.2. The van der Waals surface area contributed by atoms with E-state index in [0.717, 1.165) is 11.1 Å². The Morgan fingerprint density at radius 2 is 1.81 bits per heavy atom. The van der Waals surface area contributed by atoms with Crippen LogP contribution in [0, 0.1) is 0 Å². The summed E-state index contributed by atoms with van der Waals surface area (Å²) in [6, 6.07) is 17.5. The van der Waals surface area contributed by atoms with Crippen LogP contribution >= 0.6 is 0 Å². The SMILES string of the molecule is COc1ccc(-c2cc(NC(=O)c3cc(-c4ccccc4)on3)n([C@@H]3CCS(=O)(=O)C3)n2)cc1OC. The molecule has 2 aromatic heterocycles. The smallest absolute Gasteiger partial charge is 0.279 e. The second kappa shape index (κ2) is 9.50. The maximum atomic E-state index is 13.1. The largest absolute Gasteiger partial charge is 0.493 e. The molecule has 10 nitrogen and oxygen atoms in total. The van der Waals surface area contributed by atoms with Gasteiger partial charge in [-0.15, -0.1) is 0 Å². The lowest BCUT2D eigenvalue weighted by molar-refractivity contribution is 0.101. The molecular formula is C25H24N4O6S. The molecule has 1 aliphatic rings. The maximum absolute atomic E-state index is 13.1. The lowest BCUT2D eigenvalue weighted by atomic mass is 10.1. The minimum atomic E-state index is -3.18. The van der Waals surface area contributed by atoms with Crippen LogP contribution in [0.2, 0.25) is 0 Å². The number of ether oxygens (including phenoxy) is 2. The zero-order chi connectivity index (χ0) is 25.3. The van der Waals surface area contributed by atoms with Crippen molar-refractivity contribution in [3.63, 3.8) is 0 Å². The van der Waals surface area contributed by atoms with E-state index in [0.29, 0.717) is 35.2 Å². The molecule has 186 valence electrons. The number of hydrogen-bond acceptors (Lipinski definition) is 8. The third kappa shape index (κ3) is 4.69. The Hall–Kier alpha value is -4.12. The van der Waals surface area contributed by atoms with E-state index >= 15 is 0 Å². The van der Waals surface area contributed by atoms with Gasteiger partial charge in [-0.25, -0.2) is 13.1 Å². The quantitative estimate of drug-likeness (QED) is 0.399. The van der Waals surface area contributed by atoms with Crippen molar-refractivity contribution >= 4 is 21.6 Å². The molecule has 1 aliphatic heterocycles. The van der Waals surface area contributed by atoms with Crippen LogP contribution in [0.25, 0.3) is 22.6 Å². The molecule has 5 rings (SSSR count). The van der Waals surface area contributed by atoms with E-state index in [9.17, 15) is 13.2 Å². The standard InChI is InChI=1S/C25H24N4O6S/c1-33-21-9-8-17(12-23(21)34-2)19-14-24(29(27-19)18-10-11-36(31,32)15-18)26-25(30)20-13-22(35-28-20)16-6-4-3-5-7-16/h3-9,12-14,18H,10-11,15H2,1-2H3,(H,26,30)/t18-/m1/s1. The summed E-state index contributed by atoms with van der Waals surface area (Å²) in [4.78, 5) is 13.1. The minimum Gasteiger partial charge on any atom is -0.493 e. The van der Waals surface area contributed by atoms with E-state index in [-0.39, 0.29) is 17.2 Å². The fraction of sp³-hybridized carbons (Fsp3) is 0.240. The first-order chi connectivity index (χ1) is 17.4. The Balaban J connectivity index is 1.48. The van der Waals surface area contributed by atoms with Gasteiger partial charge in [-0.1, -0.05) is 35.5 Å². The fourth-order valence-electron chi connectivity index (χ4n) is 4.17. The number of nitrogens with one attached hydrogen (secondary N) is 1. The minimum absolute atomic E-state index is 0.0506. The van der Waals surface area contributed by atoms with Crippen molar-refractivity contribution in [2.75, 3.05) is 31.0 Å². The first-order valence-corrected chi connectivity index (χ1v) is 13.0. The number of benzene rings is 2. The summed E-state index contributed by atoms with van der Waals surface area (Å²) >= 11 is 0. The topological polar surface area (TPSA) is 126 Å². The molecule has 0 unspecified atom stereocenters. The number of amides is 1. The van der Waals surface area contributed by atoms with E-state index in [1.165, 1.54) is 7.11 Å². The molecule has 1 amide bonds. The summed E-state index contributed by atoms with van der Waals surface area (Å²) in [5.74, 6) is 1.43. The molecule has 11 heteroatoms. The first-order valence-electron chi connectivity index (χ1n) is 11.2. The molecule has 2 aromatic carbocycles. The lowest BCUT2D eigenvalue weighted by Gasteiger charge is -2.13.